The molecule has 3 rings (SSSR count). The molecule has 0 aromatic rings. The van der Waals surface area contributed by atoms with E-state index >= 15 is 0 Å². The summed E-state index contributed by atoms with van der Waals surface area (Å²) in [6, 6.07) is 0. The Morgan fingerprint density at radius 1 is 1.31 bits per heavy atom. The van der Waals surface area contributed by atoms with Crippen LogP contribution in [0.5, 0.6) is 0 Å². The fourth-order valence-electron chi connectivity index (χ4n) is 2.92. The average molecular weight is 219 g/mol. The topological polar surface area (TPSA) is 40.5 Å². The zero-order chi connectivity index (χ0) is 11.4. The minimum atomic E-state index is -1.00. The van der Waals surface area contributed by atoms with Crippen molar-refractivity contribution in [2.45, 2.75) is 37.7 Å². The largest absolute Gasteiger partial charge is 0.380 e. The number of aliphatic hydroxyl groups is 1. The highest BCUT2D eigenvalue weighted by Crippen LogP contribution is 2.59. The zero-order valence-electron chi connectivity index (χ0n) is 9.41. The van der Waals surface area contributed by atoms with Crippen LogP contribution in [0.2, 0.25) is 0 Å². The maximum absolute atomic E-state index is 11.9. The van der Waals surface area contributed by atoms with Crippen molar-refractivity contribution < 1.29 is 9.90 Å². The van der Waals surface area contributed by atoms with E-state index in [1.165, 1.54) is 0 Å². The molecule has 0 unspecified atom stereocenters. The fraction of sp³-hybridized carbons (Fsp3) is 0.769. The van der Waals surface area contributed by atoms with Crippen LogP contribution < -0.4 is 0 Å². The van der Waals surface area contributed by atoms with Crippen molar-refractivity contribution in [2.75, 3.05) is 13.1 Å². The van der Waals surface area contributed by atoms with Gasteiger partial charge in [0.05, 0.1) is 0 Å². The molecule has 0 radical (unpaired) electrons. The summed E-state index contributed by atoms with van der Waals surface area (Å²) in [7, 11) is 0. The Labute approximate surface area is 95.8 Å². The first-order valence-corrected chi connectivity index (χ1v) is 6.08. The molecule has 0 bridgehead atoms. The molecular weight excluding hydrogens is 202 g/mol. The van der Waals surface area contributed by atoms with Gasteiger partial charge in [0, 0.05) is 19.0 Å². The van der Waals surface area contributed by atoms with Gasteiger partial charge in [-0.15, -0.1) is 12.3 Å². The molecule has 3 fully saturated rings. The van der Waals surface area contributed by atoms with E-state index in [9.17, 15) is 9.90 Å². The molecule has 1 aliphatic heterocycles. The lowest BCUT2D eigenvalue weighted by molar-refractivity contribution is -0.144. The van der Waals surface area contributed by atoms with Gasteiger partial charge < -0.3 is 10.0 Å². The van der Waals surface area contributed by atoms with Crippen molar-refractivity contribution in [1.29, 1.82) is 0 Å². The third-order valence-electron chi connectivity index (χ3n) is 4.56. The minimum Gasteiger partial charge on any atom is -0.380 e. The predicted molar refractivity (Wildman–Crippen MR) is 59.4 cm³/mol. The van der Waals surface area contributed by atoms with Crippen molar-refractivity contribution >= 4 is 5.91 Å². The Morgan fingerprint density at radius 2 is 1.94 bits per heavy atom. The van der Waals surface area contributed by atoms with Gasteiger partial charge in [0.15, 0.2) is 0 Å². The second kappa shape index (κ2) is 3.01. The van der Waals surface area contributed by atoms with Crippen LogP contribution in [-0.4, -0.2) is 34.6 Å². The number of piperidine rings is 1. The van der Waals surface area contributed by atoms with E-state index in [-0.39, 0.29) is 5.91 Å². The Hall–Kier alpha value is -1.01. The molecule has 0 aromatic carbocycles. The van der Waals surface area contributed by atoms with Crippen LogP contribution in [0.15, 0.2) is 0 Å². The third kappa shape index (κ3) is 1.36. The van der Waals surface area contributed by atoms with E-state index in [0.29, 0.717) is 24.2 Å². The Bertz CT molecular complexity index is 370. The lowest BCUT2D eigenvalue weighted by atomic mass is 9.90. The molecule has 86 valence electrons. The van der Waals surface area contributed by atoms with Crippen molar-refractivity contribution in [3.63, 3.8) is 0 Å². The van der Waals surface area contributed by atoms with Gasteiger partial charge in [-0.2, -0.15) is 0 Å². The van der Waals surface area contributed by atoms with E-state index in [4.69, 9.17) is 6.42 Å². The summed E-state index contributed by atoms with van der Waals surface area (Å²) in [4.78, 5) is 13.7. The summed E-state index contributed by atoms with van der Waals surface area (Å²) in [5, 5.41) is 9.77. The summed E-state index contributed by atoms with van der Waals surface area (Å²) in [5.74, 6) is 3.22. The van der Waals surface area contributed by atoms with Crippen LogP contribution in [0.3, 0.4) is 0 Å². The number of hydrogen-bond acceptors (Lipinski definition) is 2. The summed E-state index contributed by atoms with van der Waals surface area (Å²) in [5.41, 5.74) is -0.655. The first-order chi connectivity index (χ1) is 7.60. The van der Waals surface area contributed by atoms with E-state index in [1.54, 1.807) is 0 Å². The average Bonchev–Trinajstić information content (AvgIpc) is 3.19. The number of carbonyl (C=O) groups excluding carboxylic acids is 1. The number of rotatable bonds is 1. The maximum Gasteiger partial charge on any atom is 0.254 e. The smallest absolute Gasteiger partial charge is 0.254 e. The molecule has 3 nitrogen and oxygen atoms in total. The van der Waals surface area contributed by atoms with Crippen molar-refractivity contribution in [3.8, 4) is 12.3 Å². The van der Waals surface area contributed by atoms with E-state index in [2.05, 4.69) is 5.92 Å². The highest BCUT2D eigenvalue weighted by Gasteiger charge is 2.56. The summed E-state index contributed by atoms with van der Waals surface area (Å²) in [6.45, 7) is 1.55. The molecule has 1 N–H and O–H groups in total. The van der Waals surface area contributed by atoms with E-state index in [1.807, 2.05) is 4.90 Å². The molecule has 1 amide bonds. The molecule has 0 aromatic heterocycles. The monoisotopic (exact) mass is 219 g/mol. The van der Waals surface area contributed by atoms with Gasteiger partial charge in [0.1, 0.15) is 5.60 Å². The quantitative estimate of drug-likeness (QED) is 0.662. The normalized spacial score (nSPS) is 33.2. The van der Waals surface area contributed by atoms with E-state index in [0.717, 1.165) is 32.4 Å². The number of likely N-dealkylation sites (tertiary alicyclic amines) is 1. The fourth-order valence-corrected chi connectivity index (χ4v) is 2.92. The standard InChI is InChI=1S/C13H17NO2/c1-2-10-9-12(10)5-7-14(8-6-12)11(15)13(16)3-4-13/h1,10,16H,3-9H2/t10-/m1/s1. The van der Waals surface area contributed by atoms with E-state index < -0.39 is 5.60 Å². The van der Waals surface area contributed by atoms with Crippen molar-refractivity contribution in [2.24, 2.45) is 11.3 Å². The Kier molecular flexibility index (Phi) is 1.91. The molecule has 2 saturated carbocycles. The van der Waals surface area contributed by atoms with Gasteiger partial charge in [0.25, 0.3) is 5.91 Å². The van der Waals surface area contributed by atoms with Gasteiger partial charge in [-0.05, 0) is 37.5 Å². The summed E-state index contributed by atoms with van der Waals surface area (Å²) < 4.78 is 0. The Morgan fingerprint density at radius 3 is 2.38 bits per heavy atom. The molecule has 1 heterocycles. The number of nitrogens with zero attached hydrogens (tertiary/aromatic N) is 1. The summed E-state index contributed by atoms with van der Waals surface area (Å²) in [6.07, 6.45) is 9.89. The minimum absolute atomic E-state index is 0.0553. The van der Waals surface area contributed by atoms with Crippen molar-refractivity contribution in [3.05, 3.63) is 0 Å². The highest BCUT2D eigenvalue weighted by atomic mass is 16.3. The van der Waals surface area contributed by atoms with Gasteiger partial charge >= 0.3 is 0 Å². The molecule has 1 atom stereocenters. The van der Waals surface area contributed by atoms with Gasteiger partial charge in [-0.3, -0.25) is 4.79 Å². The molecule has 3 aliphatic rings. The number of hydrogen-bond donors (Lipinski definition) is 1. The second-order valence-electron chi connectivity index (χ2n) is 5.61. The lowest BCUT2D eigenvalue weighted by Crippen LogP contribution is -2.45. The molecule has 1 saturated heterocycles. The molecule has 1 spiro atoms. The summed E-state index contributed by atoms with van der Waals surface area (Å²) >= 11 is 0. The highest BCUT2D eigenvalue weighted by molar-refractivity contribution is 5.87. The number of carbonyl (C=O) groups is 1. The van der Waals surface area contributed by atoms with Crippen LogP contribution in [0, 0.1) is 23.7 Å². The first-order valence-electron chi connectivity index (χ1n) is 6.08. The van der Waals surface area contributed by atoms with Crippen LogP contribution in [-0.2, 0) is 4.79 Å². The molecule has 16 heavy (non-hydrogen) atoms. The van der Waals surface area contributed by atoms with Crippen molar-refractivity contribution in [1.82, 2.24) is 4.90 Å². The van der Waals surface area contributed by atoms with Crippen LogP contribution in [0.25, 0.3) is 0 Å². The molecule has 2 aliphatic carbocycles. The zero-order valence-corrected chi connectivity index (χ0v) is 9.41. The molecular formula is C13H17NO2. The van der Waals surface area contributed by atoms with Crippen LogP contribution in [0.4, 0.5) is 0 Å². The van der Waals surface area contributed by atoms with Gasteiger partial charge in [0.2, 0.25) is 0 Å². The number of terminal acetylenes is 1. The van der Waals surface area contributed by atoms with Crippen LogP contribution >= 0.6 is 0 Å². The maximum atomic E-state index is 11.9. The number of amides is 1. The molecule has 3 heteroatoms. The lowest BCUT2D eigenvalue weighted by Gasteiger charge is -2.33. The predicted octanol–water partition coefficient (Wildman–Crippen LogP) is 0.773. The van der Waals surface area contributed by atoms with Gasteiger partial charge in [-0.25, -0.2) is 0 Å². The SMILES string of the molecule is C#C[C@@H]1CC12CCN(C(=O)C1(O)CC1)CC2. The van der Waals surface area contributed by atoms with Crippen LogP contribution in [0.1, 0.15) is 32.1 Å². The first kappa shape index (κ1) is 10.2. The van der Waals surface area contributed by atoms with Gasteiger partial charge in [-0.1, -0.05) is 0 Å². The third-order valence-corrected chi connectivity index (χ3v) is 4.56. The Balaban J connectivity index is 1.60. The second-order valence-corrected chi connectivity index (χ2v) is 5.61.